The second kappa shape index (κ2) is 7.94. The number of halogens is 1. The predicted molar refractivity (Wildman–Crippen MR) is 86.9 cm³/mol. The van der Waals surface area contributed by atoms with Crippen LogP contribution in [0.3, 0.4) is 0 Å². The number of hydrogen-bond acceptors (Lipinski definition) is 1. The molecule has 0 bridgehead atoms. The summed E-state index contributed by atoms with van der Waals surface area (Å²) >= 11 is 0. The molecule has 0 spiro atoms. The highest BCUT2D eigenvalue weighted by molar-refractivity contribution is 5.25. The lowest BCUT2D eigenvalue weighted by molar-refractivity contribution is 0.499. The van der Waals surface area contributed by atoms with Gasteiger partial charge in [-0.05, 0) is 55.5 Å². The largest absolute Gasteiger partial charge is 0.310 e. The monoisotopic (exact) mass is 285 g/mol. The molecule has 2 rings (SSSR count). The number of nitrogens with one attached hydrogen (secondary N) is 1. The number of rotatable bonds is 7. The van der Waals surface area contributed by atoms with E-state index in [9.17, 15) is 4.39 Å². The zero-order valence-electron chi connectivity index (χ0n) is 12.9. The van der Waals surface area contributed by atoms with E-state index in [0.29, 0.717) is 6.04 Å². The van der Waals surface area contributed by atoms with Gasteiger partial charge in [-0.3, -0.25) is 0 Å². The van der Waals surface area contributed by atoms with E-state index in [0.717, 1.165) is 31.4 Å². The molecule has 1 unspecified atom stereocenters. The summed E-state index contributed by atoms with van der Waals surface area (Å²) in [5.74, 6) is -0.123. The maximum Gasteiger partial charge on any atom is 0.126 e. The molecule has 1 nitrogen and oxygen atoms in total. The molecule has 0 saturated heterocycles. The number of benzene rings is 2. The van der Waals surface area contributed by atoms with E-state index < -0.39 is 0 Å². The van der Waals surface area contributed by atoms with E-state index in [4.69, 9.17) is 0 Å². The fourth-order valence-corrected chi connectivity index (χ4v) is 2.56. The van der Waals surface area contributed by atoms with E-state index in [-0.39, 0.29) is 5.82 Å². The van der Waals surface area contributed by atoms with Gasteiger partial charge in [-0.15, -0.1) is 0 Å². The van der Waals surface area contributed by atoms with Crippen molar-refractivity contribution in [1.29, 1.82) is 0 Å². The highest BCUT2D eigenvalue weighted by atomic mass is 19.1. The van der Waals surface area contributed by atoms with Gasteiger partial charge < -0.3 is 5.32 Å². The van der Waals surface area contributed by atoms with Gasteiger partial charge in [-0.2, -0.15) is 0 Å². The highest BCUT2D eigenvalue weighted by Gasteiger charge is 2.10. The van der Waals surface area contributed by atoms with Crippen LogP contribution in [0.5, 0.6) is 0 Å². The Morgan fingerprint density at radius 3 is 2.52 bits per heavy atom. The first-order valence-corrected chi connectivity index (χ1v) is 7.74. The number of hydrogen-bond donors (Lipinski definition) is 1. The van der Waals surface area contributed by atoms with Crippen molar-refractivity contribution >= 4 is 0 Å². The summed E-state index contributed by atoms with van der Waals surface area (Å²) < 4.78 is 13.3. The lowest BCUT2D eigenvalue weighted by atomic mass is 9.98. The Morgan fingerprint density at radius 1 is 1.10 bits per heavy atom. The fraction of sp³-hybridized carbons (Fsp3) is 0.368. The Kier molecular flexibility index (Phi) is 5.94. The summed E-state index contributed by atoms with van der Waals surface area (Å²) in [6.45, 7) is 5.02. The van der Waals surface area contributed by atoms with E-state index in [2.05, 4.69) is 36.5 Å². The predicted octanol–water partition coefficient (Wildman–Crippen LogP) is 4.81. The van der Waals surface area contributed by atoms with Gasteiger partial charge in [0.15, 0.2) is 0 Å². The second-order valence-corrected chi connectivity index (χ2v) is 5.54. The molecule has 2 aromatic carbocycles. The lowest BCUT2D eigenvalue weighted by Gasteiger charge is -2.19. The average molecular weight is 285 g/mol. The van der Waals surface area contributed by atoms with Crippen LogP contribution in [0.1, 0.15) is 42.5 Å². The van der Waals surface area contributed by atoms with Gasteiger partial charge >= 0.3 is 0 Å². The first-order chi connectivity index (χ1) is 10.2. The van der Waals surface area contributed by atoms with Crippen LogP contribution in [0.4, 0.5) is 4.39 Å². The summed E-state index contributed by atoms with van der Waals surface area (Å²) in [7, 11) is 0. The zero-order valence-corrected chi connectivity index (χ0v) is 12.9. The standard InChI is InChI=1S/C19H24FN/c1-3-13-21-19(17-7-5-4-6-8-17)12-10-16-9-11-18(20)15(2)14-16/h4-9,11,14,19,21H,3,10,12-13H2,1-2H3. The van der Waals surface area contributed by atoms with Crippen LogP contribution in [0.15, 0.2) is 48.5 Å². The van der Waals surface area contributed by atoms with Gasteiger partial charge in [0.05, 0.1) is 0 Å². The Morgan fingerprint density at radius 2 is 1.86 bits per heavy atom. The van der Waals surface area contributed by atoms with Crippen molar-refractivity contribution < 1.29 is 4.39 Å². The molecule has 1 N–H and O–H groups in total. The van der Waals surface area contributed by atoms with E-state index in [1.54, 1.807) is 6.07 Å². The summed E-state index contributed by atoms with van der Waals surface area (Å²) in [5.41, 5.74) is 3.25. The third kappa shape index (κ3) is 4.68. The lowest BCUT2D eigenvalue weighted by Crippen LogP contribution is -2.22. The first-order valence-electron chi connectivity index (χ1n) is 7.74. The van der Waals surface area contributed by atoms with Crippen LogP contribution in [0.25, 0.3) is 0 Å². The maximum absolute atomic E-state index is 13.3. The molecule has 0 aliphatic heterocycles. The molecule has 112 valence electrons. The number of aryl methyl sites for hydroxylation is 2. The average Bonchev–Trinajstić information content (AvgIpc) is 2.51. The Bertz CT molecular complexity index is 551. The van der Waals surface area contributed by atoms with Gasteiger partial charge in [0.1, 0.15) is 5.82 Å². The minimum Gasteiger partial charge on any atom is -0.310 e. The van der Waals surface area contributed by atoms with Crippen LogP contribution >= 0.6 is 0 Å². The van der Waals surface area contributed by atoms with Crippen molar-refractivity contribution in [2.45, 2.75) is 39.2 Å². The van der Waals surface area contributed by atoms with E-state index in [1.165, 1.54) is 11.1 Å². The van der Waals surface area contributed by atoms with Gasteiger partial charge in [-0.25, -0.2) is 4.39 Å². The smallest absolute Gasteiger partial charge is 0.126 e. The minimum atomic E-state index is -0.123. The molecular weight excluding hydrogens is 261 g/mol. The topological polar surface area (TPSA) is 12.0 Å². The third-order valence-corrected chi connectivity index (χ3v) is 3.79. The summed E-state index contributed by atoms with van der Waals surface area (Å²) in [5, 5.41) is 3.61. The molecule has 1 atom stereocenters. The van der Waals surface area contributed by atoms with Crippen LogP contribution in [0.2, 0.25) is 0 Å². The maximum atomic E-state index is 13.3. The molecule has 0 heterocycles. The van der Waals surface area contributed by atoms with Crippen LogP contribution in [0, 0.1) is 12.7 Å². The Labute approximate surface area is 127 Å². The Balaban J connectivity index is 2.03. The van der Waals surface area contributed by atoms with E-state index >= 15 is 0 Å². The zero-order chi connectivity index (χ0) is 15.1. The van der Waals surface area contributed by atoms with Crippen LogP contribution in [-0.2, 0) is 6.42 Å². The van der Waals surface area contributed by atoms with Crippen molar-refractivity contribution in [3.8, 4) is 0 Å². The molecule has 0 aliphatic carbocycles. The SMILES string of the molecule is CCCNC(CCc1ccc(F)c(C)c1)c1ccccc1. The molecule has 21 heavy (non-hydrogen) atoms. The van der Waals surface area contributed by atoms with E-state index in [1.807, 2.05) is 25.1 Å². The molecule has 0 radical (unpaired) electrons. The fourth-order valence-electron chi connectivity index (χ4n) is 2.56. The molecule has 0 aliphatic rings. The summed E-state index contributed by atoms with van der Waals surface area (Å²) in [4.78, 5) is 0. The summed E-state index contributed by atoms with van der Waals surface area (Å²) in [6, 6.07) is 16.3. The van der Waals surface area contributed by atoms with Crippen LogP contribution in [-0.4, -0.2) is 6.54 Å². The molecule has 0 saturated carbocycles. The molecule has 2 heteroatoms. The quantitative estimate of drug-likeness (QED) is 0.770. The molecule has 0 fully saturated rings. The summed E-state index contributed by atoms with van der Waals surface area (Å²) in [6.07, 6.45) is 3.10. The van der Waals surface area contributed by atoms with Crippen molar-refractivity contribution in [2.24, 2.45) is 0 Å². The second-order valence-electron chi connectivity index (χ2n) is 5.54. The molecular formula is C19H24FN. The van der Waals surface area contributed by atoms with Gasteiger partial charge in [0.25, 0.3) is 0 Å². The van der Waals surface area contributed by atoms with Crippen molar-refractivity contribution in [3.05, 3.63) is 71.0 Å². The van der Waals surface area contributed by atoms with Gasteiger partial charge in [0.2, 0.25) is 0 Å². The third-order valence-electron chi connectivity index (χ3n) is 3.79. The Hall–Kier alpha value is -1.67. The minimum absolute atomic E-state index is 0.123. The molecule has 0 amide bonds. The highest BCUT2D eigenvalue weighted by Crippen LogP contribution is 2.20. The first kappa shape index (κ1) is 15.7. The van der Waals surface area contributed by atoms with Crippen LogP contribution < -0.4 is 5.32 Å². The molecule has 0 aromatic heterocycles. The molecule has 2 aromatic rings. The van der Waals surface area contributed by atoms with Crippen molar-refractivity contribution in [3.63, 3.8) is 0 Å². The van der Waals surface area contributed by atoms with Crippen molar-refractivity contribution in [1.82, 2.24) is 5.32 Å². The van der Waals surface area contributed by atoms with Gasteiger partial charge in [-0.1, -0.05) is 49.4 Å². The normalized spacial score (nSPS) is 12.3. The van der Waals surface area contributed by atoms with Crippen molar-refractivity contribution in [2.75, 3.05) is 6.54 Å². The van der Waals surface area contributed by atoms with Gasteiger partial charge in [0, 0.05) is 6.04 Å².